The monoisotopic (exact) mass is 269 g/mol. The van der Waals surface area contributed by atoms with Gasteiger partial charge < -0.3 is 15.5 Å². The summed E-state index contributed by atoms with van der Waals surface area (Å²) in [6, 6.07) is 0.668. The highest BCUT2D eigenvalue weighted by atomic mass is 16.2. The second-order valence-electron chi connectivity index (χ2n) is 6.05. The van der Waals surface area contributed by atoms with Crippen molar-refractivity contribution in [2.75, 3.05) is 20.1 Å². The number of carbonyl (C=O) groups excluding carboxylic acids is 1. The van der Waals surface area contributed by atoms with E-state index in [4.69, 9.17) is 0 Å². The zero-order valence-electron chi connectivity index (χ0n) is 13.2. The summed E-state index contributed by atoms with van der Waals surface area (Å²) in [5.74, 6) is 0.738. The van der Waals surface area contributed by atoms with Gasteiger partial charge in [-0.25, -0.2) is 0 Å². The Morgan fingerprint density at radius 1 is 1.37 bits per heavy atom. The average molecular weight is 269 g/mol. The van der Waals surface area contributed by atoms with Crippen LogP contribution in [0.4, 0.5) is 0 Å². The van der Waals surface area contributed by atoms with Crippen LogP contribution in [0.5, 0.6) is 0 Å². The molecule has 1 rings (SSSR count). The van der Waals surface area contributed by atoms with Crippen molar-refractivity contribution in [3.63, 3.8) is 0 Å². The predicted molar refractivity (Wildman–Crippen MR) is 80.2 cm³/mol. The van der Waals surface area contributed by atoms with Gasteiger partial charge >= 0.3 is 0 Å². The first-order valence-corrected chi connectivity index (χ1v) is 7.72. The number of nitrogens with zero attached hydrogens (tertiary/aromatic N) is 1. The molecule has 2 N–H and O–H groups in total. The molecule has 1 heterocycles. The first kappa shape index (κ1) is 16.4. The van der Waals surface area contributed by atoms with Gasteiger partial charge in [-0.2, -0.15) is 0 Å². The van der Waals surface area contributed by atoms with Crippen LogP contribution in [-0.2, 0) is 4.79 Å². The third-order valence-corrected chi connectivity index (χ3v) is 4.30. The molecule has 3 unspecified atom stereocenters. The van der Waals surface area contributed by atoms with E-state index in [1.165, 1.54) is 0 Å². The molecule has 0 spiro atoms. The van der Waals surface area contributed by atoms with E-state index in [2.05, 4.69) is 43.4 Å². The molecule has 0 aromatic rings. The first-order chi connectivity index (χ1) is 8.97. The molecule has 0 saturated carbocycles. The molecule has 112 valence electrons. The Kier molecular flexibility index (Phi) is 6.80. The van der Waals surface area contributed by atoms with Crippen molar-refractivity contribution in [1.29, 1.82) is 0 Å². The maximum absolute atomic E-state index is 12.1. The van der Waals surface area contributed by atoms with E-state index in [-0.39, 0.29) is 11.9 Å². The molecule has 0 bridgehead atoms. The number of nitrogens with one attached hydrogen (secondary N) is 2. The van der Waals surface area contributed by atoms with Crippen LogP contribution >= 0.6 is 0 Å². The number of hydrogen-bond donors (Lipinski definition) is 2. The minimum atomic E-state index is -0.101. The fourth-order valence-corrected chi connectivity index (χ4v) is 2.82. The van der Waals surface area contributed by atoms with Crippen LogP contribution in [0.15, 0.2) is 0 Å². The van der Waals surface area contributed by atoms with E-state index in [9.17, 15) is 4.79 Å². The Morgan fingerprint density at radius 2 is 2.00 bits per heavy atom. The molecule has 0 aromatic carbocycles. The maximum Gasteiger partial charge on any atom is 0.237 e. The van der Waals surface area contributed by atoms with E-state index in [1.54, 1.807) is 0 Å². The standard InChI is InChI=1S/C15H31N3O/c1-6-13(7-2)17-15(19)12(4)16-14-8-9-18(5)10-11(14)3/h11-14,16H,6-10H2,1-5H3,(H,17,19). The van der Waals surface area contributed by atoms with Crippen LogP contribution in [-0.4, -0.2) is 49.1 Å². The summed E-state index contributed by atoms with van der Waals surface area (Å²) < 4.78 is 0. The second kappa shape index (κ2) is 7.85. The van der Waals surface area contributed by atoms with Gasteiger partial charge in [0.15, 0.2) is 0 Å². The van der Waals surface area contributed by atoms with Crippen LogP contribution in [0.3, 0.4) is 0 Å². The molecule has 1 aliphatic heterocycles. The third-order valence-electron chi connectivity index (χ3n) is 4.30. The Hall–Kier alpha value is -0.610. The third kappa shape index (κ3) is 5.11. The molecule has 0 radical (unpaired) electrons. The first-order valence-electron chi connectivity index (χ1n) is 7.72. The van der Waals surface area contributed by atoms with Gasteiger partial charge in [0.1, 0.15) is 0 Å². The average Bonchev–Trinajstić information content (AvgIpc) is 2.38. The van der Waals surface area contributed by atoms with Crippen molar-refractivity contribution in [3.8, 4) is 0 Å². The van der Waals surface area contributed by atoms with Crippen molar-refractivity contribution in [2.24, 2.45) is 5.92 Å². The lowest BCUT2D eigenvalue weighted by molar-refractivity contribution is -0.123. The summed E-state index contributed by atoms with van der Waals surface area (Å²) in [5.41, 5.74) is 0. The van der Waals surface area contributed by atoms with Gasteiger partial charge in [-0.3, -0.25) is 4.79 Å². The molecule has 1 amide bonds. The number of amides is 1. The Labute approximate surface area is 118 Å². The number of piperidine rings is 1. The Bertz CT molecular complexity index is 279. The van der Waals surface area contributed by atoms with Crippen LogP contribution in [0.2, 0.25) is 0 Å². The topological polar surface area (TPSA) is 44.4 Å². The van der Waals surface area contributed by atoms with E-state index >= 15 is 0 Å². The van der Waals surface area contributed by atoms with Crippen molar-refractivity contribution in [3.05, 3.63) is 0 Å². The fraction of sp³-hybridized carbons (Fsp3) is 0.933. The molecular formula is C15H31N3O. The molecule has 1 aliphatic rings. The van der Waals surface area contributed by atoms with Crippen LogP contribution in [0.1, 0.15) is 47.0 Å². The zero-order valence-corrected chi connectivity index (χ0v) is 13.2. The number of likely N-dealkylation sites (tertiary alicyclic amines) is 1. The van der Waals surface area contributed by atoms with Crippen LogP contribution in [0, 0.1) is 5.92 Å². The van der Waals surface area contributed by atoms with Gasteiger partial charge in [-0.05, 0) is 45.7 Å². The predicted octanol–water partition coefficient (Wildman–Crippen LogP) is 1.61. The van der Waals surface area contributed by atoms with Gasteiger partial charge in [-0.15, -0.1) is 0 Å². The SMILES string of the molecule is CCC(CC)NC(=O)C(C)NC1CCN(C)CC1C. The molecule has 0 aromatic heterocycles. The van der Waals surface area contributed by atoms with E-state index < -0.39 is 0 Å². The molecule has 19 heavy (non-hydrogen) atoms. The van der Waals surface area contributed by atoms with Crippen LogP contribution in [0.25, 0.3) is 0 Å². The highest BCUT2D eigenvalue weighted by molar-refractivity contribution is 5.81. The van der Waals surface area contributed by atoms with Crippen LogP contribution < -0.4 is 10.6 Å². The van der Waals surface area contributed by atoms with Crippen molar-refractivity contribution in [1.82, 2.24) is 15.5 Å². The van der Waals surface area contributed by atoms with Crippen molar-refractivity contribution >= 4 is 5.91 Å². The van der Waals surface area contributed by atoms with Gasteiger partial charge in [-0.1, -0.05) is 20.8 Å². The lowest BCUT2D eigenvalue weighted by atomic mass is 9.93. The highest BCUT2D eigenvalue weighted by Gasteiger charge is 2.27. The minimum absolute atomic E-state index is 0.101. The van der Waals surface area contributed by atoms with Gasteiger partial charge in [0.2, 0.25) is 5.91 Å². The fourth-order valence-electron chi connectivity index (χ4n) is 2.82. The normalized spacial score (nSPS) is 26.4. The van der Waals surface area contributed by atoms with Gasteiger partial charge in [0.25, 0.3) is 0 Å². The van der Waals surface area contributed by atoms with Crippen molar-refractivity contribution in [2.45, 2.75) is 65.1 Å². The molecule has 4 nitrogen and oxygen atoms in total. The molecule has 0 aliphatic carbocycles. The Morgan fingerprint density at radius 3 is 2.53 bits per heavy atom. The smallest absolute Gasteiger partial charge is 0.237 e. The quantitative estimate of drug-likeness (QED) is 0.770. The largest absolute Gasteiger partial charge is 0.352 e. The molecule has 4 heteroatoms. The number of hydrogen-bond acceptors (Lipinski definition) is 3. The van der Waals surface area contributed by atoms with Crippen molar-refractivity contribution < 1.29 is 4.79 Å². The van der Waals surface area contributed by atoms with Gasteiger partial charge in [0, 0.05) is 18.6 Å². The maximum atomic E-state index is 12.1. The second-order valence-corrected chi connectivity index (χ2v) is 6.05. The highest BCUT2D eigenvalue weighted by Crippen LogP contribution is 2.15. The summed E-state index contributed by atoms with van der Waals surface area (Å²) in [6.45, 7) is 10.7. The van der Waals surface area contributed by atoms with E-state index in [0.717, 1.165) is 32.4 Å². The van der Waals surface area contributed by atoms with E-state index in [1.807, 2.05) is 6.92 Å². The van der Waals surface area contributed by atoms with Gasteiger partial charge in [0.05, 0.1) is 6.04 Å². The zero-order chi connectivity index (χ0) is 14.4. The Balaban J connectivity index is 2.41. The molecule has 3 atom stereocenters. The summed E-state index contributed by atoms with van der Waals surface area (Å²) >= 11 is 0. The molecule has 1 saturated heterocycles. The minimum Gasteiger partial charge on any atom is -0.352 e. The summed E-state index contributed by atoms with van der Waals surface area (Å²) in [7, 11) is 2.16. The summed E-state index contributed by atoms with van der Waals surface area (Å²) in [6.07, 6.45) is 3.12. The summed E-state index contributed by atoms with van der Waals surface area (Å²) in [5, 5.41) is 6.62. The molecular weight excluding hydrogens is 238 g/mol. The lowest BCUT2D eigenvalue weighted by Crippen LogP contribution is -2.54. The summed E-state index contributed by atoms with van der Waals surface area (Å²) in [4.78, 5) is 14.5. The number of carbonyl (C=O) groups is 1. The van der Waals surface area contributed by atoms with E-state index in [0.29, 0.717) is 18.0 Å². The lowest BCUT2D eigenvalue weighted by Gasteiger charge is -2.36. The molecule has 1 fully saturated rings. The number of rotatable bonds is 6.